The van der Waals surface area contributed by atoms with Crippen LogP contribution < -0.4 is 10.2 Å². The lowest BCUT2D eigenvalue weighted by atomic mass is 10.0. The summed E-state index contributed by atoms with van der Waals surface area (Å²) in [7, 11) is 1.94. The van der Waals surface area contributed by atoms with Crippen LogP contribution in [0.25, 0.3) is 0 Å². The normalized spacial score (nSPS) is 13.4. The standard InChI is InChI=1S/C15H21N3O/c1-17-5-3-12-9-13-4-7-18(6-2-8-19)15(13)14(10-12)11-16/h9-10,17,19H,2-8H2,1H3. The summed E-state index contributed by atoms with van der Waals surface area (Å²) in [6.07, 6.45) is 2.71. The largest absolute Gasteiger partial charge is 0.396 e. The highest BCUT2D eigenvalue weighted by molar-refractivity contribution is 5.68. The first-order valence-electron chi connectivity index (χ1n) is 6.86. The fourth-order valence-corrected chi connectivity index (χ4v) is 2.68. The number of hydrogen-bond acceptors (Lipinski definition) is 4. The van der Waals surface area contributed by atoms with Crippen molar-refractivity contribution in [3.8, 4) is 6.07 Å². The summed E-state index contributed by atoms with van der Waals surface area (Å²) in [5.74, 6) is 0. The summed E-state index contributed by atoms with van der Waals surface area (Å²) in [5, 5.41) is 21.4. The summed E-state index contributed by atoms with van der Waals surface area (Å²) in [6.45, 7) is 2.92. The minimum absolute atomic E-state index is 0.202. The first-order valence-corrected chi connectivity index (χ1v) is 6.86. The molecule has 1 heterocycles. The third kappa shape index (κ3) is 3.06. The van der Waals surface area contributed by atoms with Crippen molar-refractivity contribution in [3.63, 3.8) is 0 Å². The molecule has 0 unspecified atom stereocenters. The van der Waals surface area contributed by atoms with Crippen molar-refractivity contribution < 1.29 is 5.11 Å². The van der Waals surface area contributed by atoms with Crippen LogP contribution in [0.5, 0.6) is 0 Å². The van der Waals surface area contributed by atoms with E-state index in [-0.39, 0.29) is 6.61 Å². The number of rotatable bonds is 6. The number of hydrogen-bond donors (Lipinski definition) is 2. The van der Waals surface area contributed by atoms with Gasteiger partial charge in [-0.25, -0.2) is 0 Å². The van der Waals surface area contributed by atoms with E-state index in [1.54, 1.807) is 0 Å². The zero-order chi connectivity index (χ0) is 13.7. The van der Waals surface area contributed by atoms with Crippen LogP contribution >= 0.6 is 0 Å². The molecular formula is C15H21N3O. The van der Waals surface area contributed by atoms with Crippen molar-refractivity contribution in [1.29, 1.82) is 5.26 Å². The first-order chi connectivity index (χ1) is 9.30. The van der Waals surface area contributed by atoms with Gasteiger partial charge in [-0.1, -0.05) is 6.07 Å². The Labute approximate surface area is 114 Å². The molecule has 0 saturated carbocycles. The Bertz CT molecular complexity index is 479. The molecule has 4 heteroatoms. The van der Waals surface area contributed by atoms with E-state index in [1.807, 2.05) is 13.1 Å². The summed E-state index contributed by atoms with van der Waals surface area (Å²) < 4.78 is 0. The molecule has 1 aromatic carbocycles. The average molecular weight is 259 g/mol. The van der Waals surface area contributed by atoms with E-state index < -0.39 is 0 Å². The van der Waals surface area contributed by atoms with E-state index in [0.717, 1.165) is 50.1 Å². The second-order valence-corrected chi connectivity index (χ2v) is 4.93. The van der Waals surface area contributed by atoms with Gasteiger partial charge < -0.3 is 15.3 Å². The van der Waals surface area contributed by atoms with Crippen LogP contribution in [-0.4, -0.2) is 38.4 Å². The summed E-state index contributed by atoms with van der Waals surface area (Å²) in [4.78, 5) is 2.23. The van der Waals surface area contributed by atoms with Crippen molar-refractivity contribution in [3.05, 3.63) is 28.8 Å². The van der Waals surface area contributed by atoms with Crippen molar-refractivity contribution in [2.24, 2.45) is 0 Å². The number of nitrogens with one attached hydrogen (secondary N) is 1. The SMILES string of the molecule is CNCCc1cc(C#N)c2c(c1)CCN2CCCO. The van der Waals surface area contributed by atoms with Gasteiger partial charge in [0, 0.05) is 19.7 Å². The molecule has 0 spiro atoms. The smallest absolute Gasteiger partial charge is 0.101 e. The summed E-state index contributed by atoms with van der Waals surface area (Å²) in [6, 6.07) is 6.56. The van der Waals surface area contributed by atoms with E-state index in [0.29, 0.717) is 0 Å². The third-order valence-corrected chi connectivity index (χ3v) is 3.59. The lowest BCUT2D eigenvalue weighted by Crippen LogP contribution is -2.23. The first kappa shape index (κ1) is 13.9. The Morgan fingerprint density at radius 3 is 3.00 bits per heavy atom. The van der Waals surface area contributed by atoms with Crippen LogP contribution in [0.1, 0.15) is 23.1 Å². The number of nitrogens with zero attached hydrogens (tertiary/aromatic N) is 2. The van der Waals surface area contributed by atoms with Gasteiger partial charge >= 0.3 is 0 Å². The molecule has 0 fully saturated rings. The predicted molar refractivity (Wildman–Crippen MR) is 76.4 cm³/mol. The second-order valence-electron chi connectivity index (χ2n) is 4.93. The molecular weight excluding hydrogens is 238 g/mol. The molecule has 102 valence electrons. The van der Waals surface area contributed by atoms with Crippen LogP contribution in [0.15, 0.2) is 12.1 Å². The predicted octanol–water partition coefficient (Wildman–Crippen LogP) is 1.07. The molecule has 4 nitrogen and oxygen atoms in total. The number of aliphatic hydroxyl groups excluding tert-OH is 1. The molecule has 0 radical (unpaired) electrons. The minimum Gasteiger partial charge on any atom is -0.396 e. The van der Waals surface area contributed by atoms with Gasteiger partial charge in [0.15, 0.2) is 0 Å². The number of benzene rings is 1. The zero-order valence-corrected chi connectivity index (χ0v) is 11.4. The second kappa shape index (κ2) is 6.55. The quantitative estimate of drug-likeness (QED) is 0.802. The number of anilines is 1. The maximum Gasteiger partial charge on any atom is 0.101 e. The molecule has 0 aromatic heterocycles. The van der Waals surface area contributed by atoms with Crippen molar-refractivity contribution >= 4 is 5.69 Å². The molecule has 19 heavy (non-hydrogen) atoms. The summed E-state index contributed by atoms with van der Waals surface area (Å²) in [5.41, 5.74) is 4.37. The average Bonchev–Trinajstić information content (AvgIpc) is 2.85. The third-order valence-electron chi connectivity index (χ3n) is 3.59. The highest BCUT2D eigenvalue weighted by atomic mass is 16.3. The Morgan fingerprint density at radius 2 is 2.32 bits per heavy atom. The van der Waals surface area contributed by atoms with E-state index in [1.165, 1.54) is 11.1 Å². The van der Waals surface area contributed by atoms with Gasteiger partial charge in [0.2, 0.25) is 0 Å². The molecule has 2 N–H and O–H groups in total. The Morgan fingerprint density at radius 1 is 1.47 bits per heavy atom. The van der Waals surface area contributed by atoms with Gasteiger partial charge in [-0.2, -0.15) is 5.26 Å². The molecule has 1 aliphatic heterocycles. The van der Waals surface area contributed by atoms with Crippen LogP contribution in [0, 0.1) is 11.3 Å². The number of likely N-dealkylation sites (N-methyl/N-ethyl adjacent to an activating group) is 1. The van der Waals surface area contributed by atoms with Gasteiger partial charge in [0.1, 0.15) is 6.07 Å². The maximum absolute atomic E-state index is 9.35. The molecule has 2 rings (SSSR count). The van der Waals surface area contributed by atoms with E-state index >= 15 is 0 Å². The fourth-order valence-electron chi connectivity index (χ4n) is 2.68. The lowest BCUT2D eigenvalue weighted by molar-refractivity contribution is 0.290. The van der Waals surface area contributed by atoms with Crippen molar-refractivity contribution in [2.75, 3.05) is 38.2 Å². The van der Waals surface area contributed by atoms with Crippen LogP contribution in [0.4, 0.5) is 5.69 Å². The highest BCUT2D eigenvalue weighted by Gasteiger charge is 2.22. The maximum atomic E-state index is 9.35. The van der Waals surface area contributed by atoms with Gasteiger partial charge in [-0.05, 0) is 50.0 Å². The Hall–Kier alpha value is -1.57. The van der Waals surface area contributed by atoms with Gasteiger partial charge in [-0.15, -0.1) is 0 Å². The summed E-state index contributed by atoms with van der Waals surface area (Å²) >= 11 is 0. The number of fused-ring (bicyclic) bond motifs is 1. The zero-order valence-electron chi connectivity index (χ0n) is 11.4. The Kier molecular flexibility index (Phi) is 4.78. The molecule has 0 saturated heterocycles. The van der Waals surface area contributed by atoms with Crippen LogP contribution in [0.3, 0.4) is 0 Å². The fraction of sp³-hybridized carbons (Fsp3) is 0.533. The van der Waals surface area contributed by atoms with E-state index in [2.05, 4.69) is 22.4 Å². The monoisotopic (exact) mass is 259 g/mol. The molecule has 1 aliphatic rings. The molecule has 0 bridgehead atoms. The van der Waals surface area contributed by atoms with Crippen LogP contribution in [0.2, 0.25) is 0 Å². The molecule has 0 atom stereocenters. The minimum atomic E-state index is 0.202. The van der Waals surface area contributed by atoms with Gasteiger partial charge in [0.05, 0.1) is 11.3 Å². The number of aliphatic hydroxyl groups is 1. The topological polar surface area (TPSA) is 59.3 Å². The van der Waals surface area contributed by atoms with Crippen molar-refractivity contribution in [2.45, 2.75) is 19.3 Å². The van der Waals surface area contributed by atoms with Crippen LogP contribution in [-0.2, 0) is 12.8 Å². The Balaban J connectivity index is 2.25. The molecule has 0 aliphatic carbocycles. The van der Waals surface area contributed by atoms with E-state index in [4.69, 9.17) is 5.11 Å². The highest BCUT2D eigenvalue weighted by Crippen LogP contribution is 2.33. The lowest BCUT2D eigenvalue weighted by Gasteiger charge is -2.20. The molecule has 0 amide bonds. The van der Waals surface area contributed by atoms with Gasteiger partial charge in [0.25, 0.3) is 0 Å². The number of nitriles is 1. The van der Waals surface area contributed by atoms with Gasteiger partial charge in [-0.3, -0.25) is 0 Å². The molecule has 1 aromatic rings. The van der Waals surface area contributed by atoms with Crippen molar-refractivity contribution in [1.82, 2.24) is 5.32 Å². The van der Waals surface area contributed by atoms with E-state index in [9.17, 15) is 5.26 Å².